The second kappa shape index (κ2) is 6.45. The Morgan fingerprint density at radius 2 is 2.11 bits per heavy atom. The van der Waals surface area contributed by atoms with E-state index in [1.807, 2.05) is 0 Å². The van der Waals surface area contributed by atoms with Gasteiger partial charge in [0.25, 0.3) is 0 Å². The fraction of sp³-hybridized carbons (Fsp3) is 0.286. The van der Waals surface area contributed by atoms with Crippen molar-refractivity contribution < 1.29 is 14.7 Å². The van der Waals surface area contributed by atoms with Crippen molar-refractivity contribution in [3.8, 4) is 17.6 Å². The number of carbonyl (C=O) groups excluding carboxylic acids is 2. The molecule has 0 unspecified atom stereocenters. The Labute approximate surface area is 106 Å². The van der Waals surface area contributed by atoms with Crippen LogP contribution in [0.1, 0.15) is 36.2 Å². The molecule has 0 aliphatic rings. The zero-order valence-corrected chi connectivity index (χ0v) is 10.4. The zero-order valence-electron chi connectivity index (χ0n) is 10.4. The number of ketones is 1. The highest BCUT2D eigenvalue weighted by atomic mass is 16.3. The SMILES string of the molecule is CCC(=O)c1cc(C#CCNC(C)=O)ccc1O. The van der Waals surface area contributed by atoms with E-state index < -0.39 is 0 Å². The molecule has 0 aromatic heterocycles. The molecule has 94 valence electrons. The molecule has 0 atom stereocenters. The molecule has 1 rings (SSSR count). The lowest BCUT2D eigenvalue weighted by atomic mass is 10.0. The Kier molecular flexibility index (Phi) is 4.94. The summed E-state index contributed by atoms with van der Waals surface area (Å²) >= 11 is 0. The van der Waals surface area contributed by atoms with Crippen molar-refractivity contribution in [1.82, 2.24) is 5.32 Å². The van der Waals surface area contributed by atoms with Crippen molar-refractivity contribution in [3.63, 3.8) is 0 Å². The minimum atomic E-state index is -0.142. The van der Waals surface area contributed by atoms with Crippen molar-refractivity contribution in [2.45, 2.75) is 20.3 Å². The van der Waals surface area contributed by atoms with Gasteiger partial charge in [-0.05, 0) is 18.2 Å². The molecule has 4 nitrogen and oxygen atoms in total. The molecular weight excluding hydrogens is 230 g/mol. The first kappa shape index (κ1) is 13.8. The van der Waals surface area contributed by atoms with Crippen LogP contribution in [-0.2, 0) is 4.79 Å². The number of hydrogen-bond acceptors (Lipinski definition) is 3. The third-order valence-corrected chi connectivity index (χ3v) is 2.28. The Morgan fingerprint density at radius 3 is 2.72 bits per heavy atom. The monoisotopic (exact) mass is 245 g/mol. The summed E-state index contributed by atoms with van der Waals surface area (Å²) in [6, 6.07) is 4.63. The van der Waals surface area contributed by atoms with E-state index in [2.05, 4.69) is 17.2 Å². The van der Waals surface area contributed by atoms with Crippen LogP contribution in [0.3, 0.4) is 0 Å². The van der Waals surface area contributed by atoms with Gasteiger partial charge in [-0.15, -0.1) is 0 Å². The van der Waals surface area contributed by atoms with Gasteiger partial charge in [0.05, 0.1) is 12.1 Å². The topological polar surface area (TPSA) is 66.4 Å². The number of Topliss-reactive ketones (excluding diaryl/α,β-unsaturated/α-hetero) is 1. The molecule has 0 radical (unpaired) electrons. The van der Waals surface area contributed by atoms with Gasteiger partial charge in [0.15, 0.2) is 5.78 Å². The number of amides is 1. The summed E-state index contributed by atoms with van der Waals surface area (Å²) in [6.45, 7) is 3.41. The van der Waals surface area contributed by atoms with Crippen LogP contribution >= 0.6 is 0 Å². The van der Waals surface area contributed by atoms with Crippen LogP contribution in [0.4, 0.5) is 0 Å². The molecule has 0 aliphatic carbocycles. The Morgan fingerprint density at radius 1 is 1.39 bits per heavy atom. The number of hydrogen-bond donors (Lipinski definition) is 2. The number of nitrogens with one attached hydrogen (secondary N) is 1. The van der Waals surface area contributed by atoms with Gasteiger partial charge in [-0.2, -0.15) is 0 Å². The highest BCUT2D eigenvalue weighted by Crippen LogP contribution is 2.19. The van der Waals surface area contributed by atoms with Gasteiger partial charge in [-0.1, -0.05) is 18.8 Å². The van der Waals surface area contributed by atoms with E-state index in [1.54, 1.807) is 19.1 Å². The summed E-state index contributed by atoms with van der Waals surface area (Å²) in [5.74, 6) is 5.28. The maximum Gasteiger partial charge on any atom is 0.217 e. The number of phenolic OH excluding ortho intramolecular Hbond substituents is 1. The summed E-state index contributed by atoms with van der Waals surface area (Å²) in [5, 5.41) is 12.1. The standard InChI is InChI=1S/C14H15NO3/c1-3-13(17)12-9-11(6-7-14(12)18)5-4-8-15-10(2)16/h6-7,9,18H,3,8H2,1-2H3,(H,15,16). The number of carbonyl (C=O) groups is 2. The van der Waals surface area contributed by atoms with E-state index in [4.69, 9.17) is 0 Å². The van der Waals surface area contributed by atoms with Crippen molar-refractivity contribution in [1.29, 1.82) is 0 Å². The van der Waals surface area contributed by atoms with E-state index >= 15 is 0 Å². The van der Waals surface area contributed by atoms with Crippen molar-refractivity contribution >= 4 is 11.7 Å². The van der Waals surface area contributed by atoms with E-state index in [0.717, 1.165) is 0 Å². The smallest absolute Gasteiger partial charge is 0.217 e. The van der Waals surface area contributed by atoms with Gasteiger partial charge in [-0.3, -0.25) is 9.59 Å². The Balaban J connectivity index is 2.85. The first-order valence-electron chi connectivity index (χ1n) is 5.64. The Hall–Kier alpha value is -2.28. The van der Waals surface area contributed by atoms with Crippen LogP contribution in [0.15, 0.2) is 18.2 Å². The fourth-order valence-corrected chi connectivity index (χ4v) is 1.34. The summed E-state index contributed by atoms with van der Waals surface area (Å²) in [6.07, 6.45) is 0.330. The predicted molar refractivity (Wildman–Crippen MR) is 68.3 cm³/mol. The quantitative estimate of drug-likeness (QED) is 0.626. The zero-order chi connectivity index (χ0) is 13.5. The normalized spacial score (nSPS) is 9.22. The summed E-state index contributed by atoms with van der Waals surface area (Å²) < 4.78 is 0. The maximum atomic E-state index is 11.5. The molecule has 0 aliphatic heterocycles. The third-order valence-electron chi connectivity index (χ3n) is 2.28. The largest absolute Gasteiger partial charge is 0.507 e. The molecule has 18 heavy (non-hydrogen) atoms. The first-order chi connectivity index (χ1) is 8.54. The molecule has 1 amide bonds. The number of phenols is 1. The third kappa shape index (κ3) is 3.95. The molecule has 0 spiro atoms. The average Bonchev–Trinajstić information content (AvgIpc) is 2.35. The molecule has 1 aromatic carbocycles. The van der Waals surface area contributed by atoms with Gasteiger partial charge in [-0.25, -0.2) is 0 Å². The van der Waals surface area contributed by atoms with Gasteiger partial charge < -0.3 is 10.4 Å². The lowest BCUT2D eigenvalue weighted by Gasteiger charge is -2.02. The molecule has 1 aromatic rings. The minimum Gasteiger partial charge on any atom is -0.507 e. The molecule has 2 N–H and O–H groups in total. The van der Waals surface area contributed by atoms with Gasteiger partial charge in [0.1, 0.15) is 5.75 Å². The van der Waals surface area contributed by atoms with E-state index in [0.29, 0.717) is 12.0 Å². The van der Waals surface area contributed by atoms with E-state index in [9.17, 15) is 14.7 Å². The molecular formula is C14H15NO3. The Bertz CT molecular complexity index is 524. The second-order valence-corrected chi connectivity index (χ2v) is 3.72. The molecule has 0 saturated carbocycles. The van der Waals surface area contributed by atoms with E-state index in [1.165, 1.54) is 13.0 Å². The van der Waals surface area contributed by atoms with Crippen LogP contribution in [0.25, 0.3) is 0 Å². The van der Waals surface area contributed by atoms with Crippen LogP contribution in [-0.4, -0.2) is 23.3 Å². The molecule has 0 saturated heterocycles. The van der Waals surface area contributed by atoms with Crippen molar-refractivity contribution in [2.75, 3.05) is 6.54 Å². The lowest BCUT2D eigenvalue weighted by molar-refractivity contribution is -0.118. The predicted octanol–water partition coefficient (Wildman–Crippen LogP) is 1.47. The van der Waals surface area contributed by atoms with Crippen LogP contribution in [0.5, 0.6) is 5.75 Å². The second-order valence-electron chi connectivity index (χ2n) is 3.72. The van der Waals surface area contributed by atoms with Crippen LogP contribution in [0.2, 0.25) is 0 Å². The lowest BCUT2D eigenvalue weighted by Crippen LogP contribution is -2.19. The molecule has 4 heteroatoms. The van der Waals surface area contributed by atoms with Gasteiger partial charge in [0.2, 0.25) is 5.91 Å². The number of benzene rings is 1. The van der Waals surface area contributed by atoms with Gasteiger partial charge >= 0.3 is 0 Å². The molecule has 0 fully saturated rings. The van der Waals surface area contributed by atoms with Crippen molar-refractivity contribution in [2.24, 2.45) is 0 Å². The van der Waals surface area contributed by atoms with E-state index in [-0.39, 0.29) is 29.5 Å². The average molecular weight is 245 g/mol. The summed E-state index contributed by atoms with van der Waals surface area (Å²) in [7, 11) is 0. The number of aromatic hydroxyl groups is 1. The highest BCUT2D eigenvalue weighted by molar-refractivity contribution is 5.98. The fourth-order valence-electron chi connectivity index (χ4n) is 1.34. The molecule has 0 bridgehead atoms. The highest BCUT2D eigenvalue weighted by Gasteiger charge is 2.08. The van der Waals surface area contributed by atoms with Crippen LogP contribution < -0.4 is 5.32 Å². The summed E-state index contributed by atoms with van der Waals surface area (Å²) in [4.78, 5) is 22.2. The van der Waals surface area contributed by atoms with Crippen LogP contribution in [0, 0.1) is 11.8 Å². The summed E-state index contributed by atoms with van der Waals surface area (Å²) in [5.41, 5.74) is 0.916. The first-order valence-corrected chi connectivity index (χ1v) is 5.64. The van der Waals surface area contributed by atoms with Crippen molar-refractivity contribution in [3.05, 3.63) is 29.3 Å². The maximum absolute atomic E-state index is 11.5. The number of rotatable bonds is 3. The van der Waals surface area contributed by atoms with Gasteiger partial charge in [0, 0.05) is 18.9 Å². The minimum absolute atomic E-state index is 0.0331. The molecule has 0 heterocycles.